The Bertz CT molecular complexity index is 825. The Kier molecular flexibility index (Phi) is 2.79. The number of benzene rings is 1. The summed E-state index contributed by atoms with van der Waals surface area (Å²) in [4.78, 5) is 26.7. The number of carbonyl (C=O) groups excluding carboxylic acids is 1. The van der Waals surface area contributed by atoms with E-state index in [1.165, 1.54) is 10.8 Å². The average Bonchev–Trinajstić information content (AvgIpc) is 2.93. The van der Waals surface area contributed by atoms with Gasteiger partial charge >= 0.3 is 5.97 Å². The lowest BCUT2D eigenvalue weighted by molar-refractivity contribution is -0.135. The molecule has 0 aliphatic rings. The summed E-state index contributed by atoms with van der Waals surface area (Å²) in [5.41, 5.74) is 0.807. The van der Waals surface area contributed by atoms with E-state index in [2.05, 4.69) is 15.4 Å². The number of hydrogen-bond acceptors (Lipinski definition) is 4. The van der Waals surface area contributed by atoms with Gasteiger partial charge < -0.3 is 10.4 Å². The molecule has 0 radical (unpaired) electrons. The number of amides is 1. The average molecular weight is 270 g/mol. The number of nitrogens with one attached hydrogen (secondary N) is 1. The van der Waals surface area contributed by atoms with E-state index in [1.807, 2.05) is 24.3 Å². The lowest BCUT2D eigenvalue weighted by atomic mass is 10.1. The molecule has 2 heterocycles. The molecule has 0 aliphatic carbocycles. The molecule has 0 atom stereocenters. The van der Waals surface area contributed by atoms with E-state index < -0.39 is 18.4 Å². The number of aromatic nitrogens is 3. The van der Waals surface area contributed by atoms with E-state index in [-0.39, 0.29) is 5.69 Å². The van der Waals surface area contributed by atoms with Crippen LogP contribution in [0.3, 0.4) is 0 Å². The highest BCUT2D eigenvalue weighted by atomic mass is 16.4. The predicted molar refractivity (Wildman–Crippen MR) is 70.5 cm³/mol. The van der Waals surface area contributed by atoms with Gasteiger partial charge in [-0.25, -0.2) is 9.50 Å². The summed E-state index contributed by atoms with van der Waals surface area (Å²) in [7, 11) is 0. The van der Waals surface area contributed by atoms with Gasteiger partial charge in [0.15, 0.2) is 5.65 Å². The molecule has 0 aliphatic heterocycles. The number of nitrogens with zero attached hydrogens (tertiary/aromatic N) is 3. The Balaban J connectivity index is 2.15. The fourth-order valence-electron chi connectivity index (χ4n) is 2.04. The zero-order valence-corrected chi connectivity index (χ0v) is 10.3. The minimum absolute atomic E-state index is 0.248. The standard InChI is InChI=1S/C13H10N4O3/c18-11(19)6-14-13(20)10-5-8-3-1-2-4-9(8)12-15-7-16-17(10)12/h1-5,7H,6H2,(H,14,20)(H,18,19). The van der Waals surface area contributed by atoms with Crippen molar-refractivity contribution in [3.63, 3.8) is 0 Å². The van der Waals surface area contributed by atoms with Crippen LogP contribution in [0.2, 0.25) is 0 Å². The fraction of sp³-hybridized carbons (Fsp3) is 0.0769. The van der Waals surface area contributed by atoms with E-state index >= 15 is 0 Å². The minimum Gasteiger partial charge on any atom is -0.480 e. The van der Waals surface area contributed by atoms with E-state index in [1.54, 1.807) is 6.07 Å². The van der Waals surface area contributed by atoms with Crippen molar-refractivity contribution in [1.82, 2.24) is 19.9 Å². The van der Waals surface area contributed by atoms with Crippen molar-refractivity contribution in [2.75, 3.05) is 6.54 Å². The highest BCUT2D eigenvalue weighted by Crippen LogP contribution is 2.20. The maximum Gasteiger partial charge on any atom is 0.322 e. The molecule has 7 nitrogen and oxygen atoms in total. The molecule has 0 bridgehead atoms. The van der Waals surface area contributed by atoms with Gasteiger partial charge in [0.1, 0.15) is 18.6 Å². The molecule has 3 rings (SSSR count). The molecule has 0 spiro atoms. The predicted octanol–water partition coefficient (Wildman–Crippen LogP) is 0.697. The van der Waals surface area contributed by atoms with Crippen LogP contribution in [0.1, 0.15) is 10.5 Å². The maximum absolute atomic E-state index is 12.0. The minimum atomic E-state index is -1.10. The lowest BCUT2D eigenvalue weighted by Crippen LogP contribution is -2.30. The fourth-order valence-corrected chi connectivity index (χ4v) is 2.04. The molecule has 2 N–H and O–H groups in total. The van der Waals surface area contributed by atoms with Crippen molar-refractivity contribution in [2.45, 2.75) is 0 Å². The zero-order valence-electron chi connectivity index (χ0n) is 10.3. The molecule has 7 heteroatoms. The van der Waals surface area contributed by atoms with Gasteiger partial charge in [0, 0.05) is 5.39 Å². The van der Waals surface area contributed by atoms with Crippen LogP contribution in [0.25, 0.3) is 16.4 Å². The van der Waals surface area contributed by atoms with Gasteiger partial charge in [-0.3, -0.25) is 9.59 Å². The topological polar surface area (TPSA) is 96.6 Å². The molecular weight excluding hydrogens is 260 g/mol. The number of rotatable bonds is 3. The molecule has 1 aromatic carbocycles. The summed E-state index contributed by atoms with van der Waals surface area (Å²) in [6, 6.07) is 9.14. The van der Waals surface area contributed by atoms with Gasteiger partial charge in [0.25, 0.3) is 5.91 Å². The second-order valence-corrected chi connectivity index (χ2v) is 4.19. The van der Waals surface area contributed by atoms with Gasteiger partial charge in [-0.05, 0) is 11.5 Å². The van der Waals surface area contributed by atoms with Crippen LogP contribution in [0.15, 0.2) is 36.7 Å². The number of fused-ring (bicyclic) bond motifs is 3. The number of carbonyl (C=O) groups is 2. The Hall–Kier alpha value is -2.96. The van der Waals surface area contributed by atoms with E-state index in [9.17, 15) is 9.59 Å². The molecule has 3 aromatic rings. The van der Waals surface area contributed by atoms with Crippen molar-refractivity contribution >= 4 is 28.3 Å². The van der Waals surface area contributed by atoms with Gasteiger partial charge in [-0.1, -0.05) is 24.3 Å². The SMILES string of the molecule is O=C(O)CNC(=O)c1cc2ccccc2c2ncnn12. The zero-order chi connectivity index (χ0) is 14.1. The van der Waals surface area contributed by atoms with Gasteiger partial charge in [0.2, 0.25) is 0 Å². The number of aliphatic carboxylic acids is 1. The first-order chi connectivity index (χ1) is 9.66. The number of carboxylic acids is 1. The summed E-state index contributed by atoms with van der Waals surface area (Å²) in [5.74, 6) is -1.61. The lowest BCUT2D eigenvalue weighted by Gasteiger charge is -2.07. The van der Waals surface area contributed by atoms with Crippen LogP contribution in [0, 0.1) is 0 Å². The number of hydrogen-bond donors (Lipinski definition) is 2. The summed E-state index contributed by atoms with van der Waals surface area (Å²) in [6.45, 7) is -0.443. The molecule has 2 aromatic heterocycles. The largest absolute Gasteiger partial charge is 0.480 e. The maximum atomic E-state index is 12.0. The van der Waals surface area contributed by atoms with Crippen molar-refractivity contribution < 1.29 is 14.7 Å². The summed E-state index contributed by atoms with van der Waals surface area (Å²) < 4.78 is 1.40. The summed E-state index contributed by atoms with van der Waals surface area (Å²) in [6.07, 6.45) is 1.36. The Morgan fingerprint density at radius 1 is 1.30 bits per heavy atom. The summed E-state index contributed by atoms with van der Waals surface area (Å²) >= 11 is 0. The van der Waals surface area contributed by atoms with Crippen LogP contribution >= 0.6 is 0 Å². The van der Waals surface area contributed by atoms with Gasteiger partial charge in [-0.15, -0.1) is 0 Å². The molecule has 0 unspecified atom stereocenters. The van der Waals surface area contributed by atoms with E-state index in [0.717, 1.165) is 10.8 Å². The third-order valence-corrected chi connectivity index (χ3v) is 2.90. The number of pyridine rings is 1. The monoisotopic (exact) mass is 270 g/mol. The molecule has 0 saturated carbocycles. The van der Waals surface area contributed by atoms with Gasteiger partial charge in [-0.2, -0.15) is 5.10 Å². The Morgan fingerprint density at radius 3 is 2.90 bits per heavy atom. The molecule has 1 amide bonds. The van der Waals surface area contributed by atoms with Crippen LogP contribution in [0.5, 0.6) is 0 Å². The quantitative estimate of drug-likeness (QED) is 0.730. The molecule has 0 saturated heterocycles. The van der Waals surface area contributed by atoms with Crippen LogP contribution in [-0.4, -0.2) is 38.1 Å². The first-order valence-corrected chi connectivity index (χ1v) is 5.88. The first kappa shape index (κ1) is 12.1. The number of carboxylic acid groups (broad SMARTS) is 1. The van der Waals surface area contributed by atoms with Crippen LogP contribution < -0.4 is 5.32 Å². The highest BCUT2D eigenvalue weighted by molar-refractivity contribution is 6.02. The normalized spacial score (nSPS) is 10.8. The first-order valence-electron chi connectivity index (χ1n) is 5.88. The second-order valence-electron chi connectivity index (χ2n) is 4.19. The van der Waals surface area contributed by atoms with E-state index in [0.29, 0.717) is 5.65 Å². The second kappa shape index (κ2) is 4.61. The van der Waals surface area contributed by atoms with Crippen LogP contribution in [0.4, 0.5) is 0 Å². The highest BCUT2D eigenvalue weighted by Gasteiger charge is 2.15. The van der Waals surface area contributed by atoms with Crippen molar-refractivity contribution in [3.8, 4) is 0 Å². The molecule has 100 valence electrons. The van der Waals surface area contributed by atoms with Crippen molar-refractivity contribution in [3.05, 3.63) is 42.4 Å². The Morgan fingerprint density at radius 2 is 2.10 bits per heavy atom. The molecule has 0 fully saturated rings. The molecule has 20 heavy (non-hydrogen) atoms. The summed E-state index contributed by atoms with van der Waals surface area (Å²) in [5, 5.41) is 16.7. The third kappa shape index (κ3) is 1.95. The van der Waals surface area contributed by atoms with Crippen LogP contribution in [-0.2, 0) is 4.79 Å². The van der Waals surface area contributed by atoms with Gasteiger partial charge in [0.05, 0.1) is 0 Å². The third-order valence-electron chi connectivity index (χ3n) is 2.90. The van der Waals surface area contributed by atoms with E-state index in [4.69, 9.17) is 5.11 Å². The van der Waals surface area contributed by atoms with Crippen molar-refractivity contribution in [2.24, 2.45) is 0 Å². The molecular formula is C13H10N4O3. The Labute approximate surface area is 112 Å². The van der Waals surface area contributed by atoms with Crippen molar-refractivity contribution in [1.29, 1.82) is 0 Å². The smallest absolute Gasteiger partial charge is 0.322 e.